The zero-order valence-corrected chi connectivity index (χ0v) is 12.2. The first kappa shape index (κ1) is 13.1. The second-order valence-corrected chi connectivity index (χ2v) is 8.24. The maximum Gasteiger partial charge on any atom is 0.157 e. The van der Waals surface area contributed by atoms with Crippen molar-refractivity contribution in [2.24, 2.45) is 0 Å². The summed E-state index contributed by atoms with van der Waals surface area (Å²) in [4.78, 5) is 0. The molecule has 1 aromatic rings. The van der Waals surface area contributed by atoms with Gasteiger partial charge in [-0.25, -0.2) is 8.42 Å². The Labute approximate surface area is 115 Å². The summed E-state index contributed by atoms with van der Waals surface area (Å²) < 4.78 is 23.2. The minimum Gasteiger partial charge on any atom is -0.317 e. The van der Waals surface area contributed by atoms with Crippen LogP contribution in [-0.4, -0.2) is 27.8 Å². The molecule has 0 unspecified atom stereocenters. The summed E-state index contributed by atoms with van der Waals surface area (Å²) in [6.07, 6.45) is 5.27. The van der Waals surface area contributed by atoms with Gasteiger partial charge in [-0.1, -0.05) is 24.3 Å². The Hall–Kier alpha value is -0.870. The Morgan fingerprint density at radius 3 is 2.16 bits per heavy atom. The van der Waals surface area contributed by atoms with E-state index in [0.717, 1.165) is 31.5 Å². The maximum absolute atomic E-state index is 11.9. The number of nitrogens with one attached hydrogen (secondary N) is 1. The van der Waals surface area contributed by atoms with E-state index in [0.29, 0.717) is 5.92 Å². The highest BCUT2D eigenvalue weighted by Crippen LogP contribution is 2.52. The van der Waals surface area contributed by atoms with Crippen molar-refractivity contribution in [3.63, 3.8) is 0 Å². The molecule has 2 fully saturated rings. The fourth-order valence-electron chi connectivity index (χ4n) is 3.20. The molecule has 1 aliphatic carbocycles. The fourth-order valence-corrected chi connectivity index (χ4v) is 4.61. The Bertz CT molecular complexity index is 552. The Morgan fingerprint density at radius 1 is 1.11 bits per heavy atom. The zero-order valence-electron chi connectivity index (χ0n) is 11.4. The Morgan fingerprint density at radius 2 is 1.68 bits per heavy atom. The van der Waals surface area contributed by atoms with Gasteiger partial charge in [0.1, 0.15) is 0 Å². The Balaban J connectivity index is 1.83. The van der Waals surface area contributed by atoms with Crippen molar-refractivity contribution in [1.29, 1.82) is 0 Å². The zero-order chi connectivity index (χ0) is 13.5. The van der Waals surface area contributed by atoms with Crippen molar-refractivity contribution in [1.82, 2.24) is 5.32 Å². The first-order chi connectivity index (χ1) is 9.03. The van der Waals surface area contributed by atoms with Gasteiger partial charge in [0.2, 0.25) is 0 Å². The summed E-state index contributed by atoms with van der Waals surface area (Å²) in [5, 5.41) is 3.37. The lowest BCUT2D eigenvalue weighted by molar-refractivity contribution is 0.460. The lowest BCUT2D eigenvalue weighted by Gasteiger charge is -2.23. The molecule has 1 saturated heterocycles. The smallest absolute Gasteiger partial charge is 0.157 e. The molecular formula is C15H21NO2S. The van der Waals surface area contributed by atoms with E-state index in [1.54, 1.807) is 0 Å². The van der Waals surface area contributed by atoms with E-state index in [1.807, 2.05) is 12.1 Å². The largest absolute Gasteiger partial charge is 0.317 e. The summed E-state index contributed by atoms with van der Waals surface area (Å²) in [6.45, 7) is 2.17. The van der Waals surface area contributed by atoms with Crippen LogP contribution < -0.4 is 5.32 Å². The first-order valence-corrected chi connectivity index (χ1v) is 8.93. The summed E-state index contributed by atoms with van der Waals surface area (Å²) in [7, 11) is -2.99. The molecule has 104 valence electrons. The second-order valence-electron chi connectivity index (χ2n) is 5.91. The number of sulfone groups is 1. The van der Waals surface area contributed by atoms with Gasteiger partial charge in [-0.2, -0.15) is 0 Å². The lowest BCUT2D eigenvalue weighted by Crippen LogP contribution is -2.26. The molecule has 0 spiro atoms. The van der Waals surface area contributed by atoms with Gasteiger partial charge in [0.05, 0.1) is 4.75 Å². The average molecular weight is 279 g/mol. The van der Waals surface area contributed by atoms with Crippen LogP contribution in [0.5, 0.6) is 0 Å². The van der Waals surface area contributed by atoms with Crippen LogP contribution in [0.2, 0.25) is 0 Å². The predicted octanol–water partition coefficient (Wildman–Crippen LogP) is 2.19. The van der Waals surface area contributed by atoms with Crippen LogP contribution in [0, 0.1) is 0 Å². The molecule has 0 radical (unpaired) electrons. The number of piperidine rings is 1. The van der Waals surface area contributed by atoms with E-state index in [4.69, 9.17) is 0 Å². The van der Waals surface area contributed by atoms with Gasteiger partial charge in [-0.3, -0.25) is 0 Å². The SMILES string of the molecule is CS(=O)(=O)C1(c2ccc(C3CCNCC3)cc2)CC1. The van der Waals surface area contributed by atoms with Crippen LogP contribution in [0.4, 0.5) is 0 Å². The molecule has 1 N–H and O–H groups in total. The van der Waals surface area contributed by atoms with Gasteiger partial charge in [0.25, 0.3) is 0 Å². The molecule has 3 rings (SSSR count). The minimum atomic E-state index is -2.99. The van der Waals surface area contributed by atoms with Crippen molar-refractivity contribution >= 4 is 9.84 Å². The van der Waals surface area contributed by atoms with Crippen LogP contribution in [0.15, 0.2) is 24.3 Å². The second kappa shape index (κ2) is 4.60. The summed E-state index contributed by atoms with van der Waals surface area (Å²) >= 11 is 0. The number of rotatable bonds is 3. The van der Waals surface area contributed by atoms with Gasteiger partial charge < -0.3 is 5.32 Å². The monoisotopic (exact) mass is 279 g/mol. The summed E-state index contributed by atoms with van der Waals surface area (Å²) in [5.41, 5.74) is 2.34. The predicted molar refractivity (Wildman–Crippen MR) is 77.0 cm³/mol. The van der Waals surface area contributed by atoms with Crippen LogP contribution >= 0.6 is 0 Å². The topological polar surface area (TPSA) is 46.2 Å². The van der Waals surface area contributed by atoms with E-state index in [2.05, 4.69) is 17.4 Å². The third kappa shape index (κ3) is 2.32. The summed E-state index contributed by atoms with van der Waals surface area (Å²) in [6, 6.07) is 8.34. The van der Waals surface area contributed by atoms with E-state index in [1.165, 1.54) is 24.7 Å². The molecule has 1 heterocycles. The normalized spacial score (nSPS) is 23.2. The van der Waals surface area contributed by atoms with Gasteiger partial charge in [-0.05, 0) is 55.8 Å². The number of benzene rings is 1. The molecule has 0 bridgehead atoms. The molecule has 3 nitrogen and oxygen atoms in total. The molecule has 0 aromatic heterocycles. The lowest BCUT2D eigenvalue weighted by atomic mass is 9.89. The van der Waals surface area contributed by atoms with Crippen molar-refractivity contribution in [3.8, 4) is 0 Å². The van der Waals surface area contributed by atoms with E-state index in [9.17, 15) is 8.42 Å². The van der Waals surface area contributed by atoms with Crippen molar-refractivity contribution in [3.05, 3.63) is 35.4 Å². The molecule has 19 heavy (non-hydrogen) atoms. The van der Waals surface area contributed by atoms with Gasteiger partial charge in [-0.15, -0.1) is 0 Å². The van der Waals surface area contributed by atoms with Crippen molar-refractivity contribution in [2.75, 3.05) is 19.3 Å². The minimum absolute atomic E-state index is 0.570. The van der Waals surface area contributed by atoms with Gasteiger partial charge in [0, 0.05) is 6.26 Å². The van der Waals surface area contributed by atoms with Gasteiger partial charge in [0.15, 0.2) is 9.84 Å². The van der Waals surface area contributed by atoms with Gasteiger partial charge >= 0.3 is 0 Å². The van der Waals surface area contributed by atoms with Crippen molar-refractivity contribution in [2.45, 2.75) is 36.3 Å². The van der Waals surface area contributed by atoms with Crippen molar-refractivity contribution < 1.29 is 8.42 Å². The molecular weight excluding hydrogens is 258 g/mol. The third-order valence-corrected chi connectivity index (χ3v) is 6.72. The van der Waals surface area contributed by atoms with Crippen LogP contribution in [0.3, 0.4) is 0 Å². The highest BCUT2D eigenvalue weighted by atomic mass is 32.2. The average Bonchev–Trinajstić information content (AvgIpc) is 3.21. The molecule has 1 aliphatic heterocycles. The molecule has 4 heteroatoms. The molecule has 0 atom stereocenters. The molecule has 2 aliphatic rings. The summed E-state index contributed by atoms with van der Waals surface area (Å²) in [5.74, 6) is 0.628. The van der Waals surface area contributed by atoms with E-state index >= 15 is 0 Å². The maximum atomic E-state index is 11.9. The molecule has 0 amide bonds. The fraction of sp³-hybridized carbons (Fsp3) is 0.600. The number of hydrogen-bond donors (Lipinski definition) is 1. The number of hydrogen-bond acceptors (Lipinski definition) is 3. The first-order valence-electron chi connectivity index (χ1n) is 7.04. The van der Waals surface area contributed by atoms with Crippen LogP contribution in [0.25, 0.3) is 0 Å². The highest BCUT2D eigenvalue weighted by Gasteiger charge is 2.53. The third-order valence-electron chi connectivity index (χ3n) is 4.66. The molecule has 1 aromatic carbocycles. The van der Waals surface area contributed by atoms with Crippen LogP contribution in [0.1, 0.15) is 42.7 Å². The van der Waals surface area contributed by atoms with Crippen LogP contribution in [-0.2, 0) is 14.6 Å². The Kier molecular flexibility index (Phi) is 3.18. The highest BCUT2D eigenvalue weighted by molar-refractivity contribution is 7.92. The van der Waals surface area contributed by atoms with E-state index in [-0.39, 0.29) is 0 Å². The standard InChI is InChI=1S/C15H21NO2S/c1-19(17,18)15(8-9-15)14-4-2-12(3-5-14)13-6-10-16-11-7-13/h2-5,13,16H,6-11H2,1H3. The molecule has 1 saturated carbocycles. The van der Waals surface area contributed by atoms with E-state index < -0.39 is 14.6 Å². The quantitative estimate of drug-likeness (QED) is 0.922.